The monoisotopic (exact) mass is 357 g/mol. The van der Waals surface area contributed by atoms with E-state index in [1.807, 2.05) is 63.2 Å². The first-order chi connectivity index (χ1) is 12.9. The van der Waals surface area contributed by atoms with Crippen LogP contribution in [0.2, 0.25) is 0 Å². The quantitative estimate of drug-likeness (QED) is 0.516. The van der Waals surface area contributed by atoms with Crippen LogP contribution in [0.15, 0.2) is 48.0 Å². The summed E-state index contributed by atoms with van der Waals surface area (Å²) in [4.78, 5) is 16.0. The molecule has 0 spiro atoms. The van der Waals surface area contributed by atoms with E-state index in [4.69, 9.17) is 0 Å². The van der Waals surface area contributed by atoms with Gasteiger partial charge in [0.05, 0.1) is 6.04 Å². The van der Waals surface area contributed by atoms with Gasteiger partial charge in [0.1, 0.15) is 11.6 Å². The predicted octanol–water partition coefficient (Wildman–Crippen LogP) is 4.88. The Kier molecular flexibility index (Phi) is 5.14. The van der Waals surface area contributed by atoms with Crippen molar-refractivity contribution in [1.82, 2.24) is 10.3 Å². The Hall–Kier alpha value is -3.32. The molecule has 4 heteroatoms. The van der Waals surface area contributed by atoms with E-state index in [0.717, 1.165) is 27.7 Å². The molecule has 0 saturated heterocycles. The summed E-state index contributed by atoms with van der Waals surface area (Å²) in [6, 6.07) is 15.8. The van der Waals surface area contributed by atoms with Crippen molar-refractivity contribution in [3.8, 4) is 6.07 Å². The van der Waals surface area contributed by atoms with Crippen LogP contribution in [-0.2, 0) is 4.79 Å². The van der Waals surface area contributed by atoms with Crippen LogP contribution >= 0.6 is 0 Å². The molecule has 0 bridgehead atoms. The molecule has 1 heterocycles. The van der Waals surface area contributed by atoms with Crippen molar-refractivity contribution in [2.75, 3.05) is 0 Å². The van der Waals surface area contributed by atoms with Crippen LogP contribution in [0, 0.1) is 32.1 Å². The van der Waals surface area contributed by atoms with Gasteiger partial charge < -0.3 is 10.3 Å². The number of aromatic nitrogens is 1. The number of aryl methyl sites for hydroxylation is 3. The number of hydrogen-bond acceptors (Lipinski definition) is 2. The topological polar surface area (TPSA) is 68.7 Å². The van der Waals surface area contributed by atoms with Crippen molar-refractivity contribution in [3.05, 3.63) is 76.0 Å². The van der Waals surface area contributed by atoms with Gasteiger partial charge >= 0.3 is 0 Å². The molecule has 2 N–H and O–H groups in total. The first-order valence-electron chi connectivity index (χ1n) is 8.98. The number of H-pyrrole nitrogens is 1. The smallest absolute Gasteiger partial charge is 0.262 e. The molecule has 27 heavy (non-hydrogen) atoms. The van der Waals surface area contributed by atoms with Gasteiger partial charge in [-0.25, -0.2) is 0 Å². The first-order valence-corrected chi connectivity index (χ1v) is 8.98. The molecule has 1 unspecified atom stereocenters. The Morgan fingerprint density at radius 3 is 2.59 bits per heavy atom. The van der Waals surface area contributed by atoms with Gasteiger partial charge in [0, 0.05) is 22.2 Å². The number of nitrogens with zero attached hydrogens (tertiary/aromatic N) is 1. The Balaban J connectivity index is 1.87. The van der Waals surface area contributed by atoms with Crippen LogP contribution in [0.1, 0.15) is 40.9 Å². The second kappa shape index (κ2) is 7.51. The second-order valence-corrected chi connectivity index (χ2v) is 6.92. The second-order valence-electron chi connectivity index (χ2n) is 6.92. The summed E-state index contributed by atoms with van der Waals surface area (Å²) in [5.74, 6) is -0.368. The summed E-state index contributed by atoms with van der Waals surface area (Å²) in [6.45, 7) is 7.97. The lowest BCUT2D eigenvalue weighted by Gasteiger charge is -2.15. The molecule has 3 aromatic rings. The SMILES string of the molecule is Cc1ccc(C(C)NC(=O)C(C#N)=Cc2c(C)[nH]c3ccccc23)cc1C. The molecule has 136 valence electrons. The van der Waals surface area contributed by atoms with Crippen molar-refractivity contribution >= 4 is 22.9 Å². The fourth-order valence-electron chi connectivity index (χ4n) is 3.17. The molecule has 0 aliphatic carbocycles. The summed E-state index contributed by atoms with van der Waals surface area (Å²) in [5.41, 5.74) is 6.30. The number of carbonyl (C=O) groups excluding carboxylic acids is 1. The number of fused-ring (bicyclic) bond motifs is 1. The summed E-state index contributed by atoms with van der Waals surface area (Å²) in [7, 11) is 0. The molecule has 4 nitrogen and oxygen atoms in total. The fraction of sp³-hybridized carbons (Fsp3) is 0.217. The fourth-order valence-corrected chi connectivity index (χ4v) is 3.17. The van der Waals surface area contributed by atoms with Crippen LogP contribution < -0.4 is 5.32 Å². The molecule has 3 rings (SSSR count). The highest BCUT2D eigenvalue weighted by Crippen LogP contribution is 2.24. The first kappa shape index (κ1) is 18.5. The van der Waals surface area contributed by atoms with Crippen molar-refractivity contribution in [2.45, 2.75) is 33.7 Å². The molecule has 0 radical (unpaired) electrons. The van der Waals surface area contributed by atoms with Crippen LogP contribution in [-0.4, -0.2) is 10.9 Å². The molecule has 0 aliphatic rings. The van der Waals surface area contributed by atoms with Gasteiger partial charge in [-0.15, -0.1) is 0 Å². The van der Waals surface area contributed by atoms with E-state index < -0.39 is 0 Å². The molecule has 2 aromatic carbocycles. The molecule has 1 aromatic heterocycles. The maximum absolute atomic E-state index is 12.7. The Labute approximate surface area is 159 Å². The summed E-state index contributed by atoms with van der Waals surface area (Å²) >= 11 is 0. The van der Waals surface area contributed by atoms with E-state index in [0.29, 0.717) is 0 Å². The zero-order chi connectivity index (χ0) is 19.6. The van der Waals surface area contributed by atoms with Crippen molar-refractivity contribution < 1.29 is 4.79 Å². The summed E-state index contributed by atoms with van der Waals surface area (Å²) < 4.78 is 0. The summed E-state index contributed by atoms with van der Waals surface area (Å²) in [6.07, 6.45) is 1.66. The molecule has 0 fully saturated rings. The van der Waals surface area contributed by atoms with Crippen LogP contribution in [0.3, 0.4) is 0 Å². The lowest BCUT2D eigenvalue weighted by Crippen LogP contribution is -2.27. The minimum Gasteiger partial charge on any atom is -0.358 e. The van der Waals surface area contributed by atoms with E-state index in [2.05, 4.69) is 23.3 Å². The number of aromatic amines is 1. The number of amides is 1. The van der Waals surface area contributed by atoms with E-state index >= 15 is 0 Å². The van der Waals surface area contributed by atoms with Crippen molar-refractivity contribution in [3.63, 3.8) is 0 Å². The van der Waals surface area contributed by atoms with E-state index in [-0.39, 0.29) is 17.5 Å². The third-order valence-electron chi connectivity index (χ3n) is 4.98. The average Bonchev–Trinajstić information content (AvgIpc) is 2.96. The average molecular weight is 357 g/mol. The maximum atomic E-state index is 12.7. The van der Waals surface area contributed by atoms with Crippen LogP contribution in [0.5, 0.6) is 0 Å². The van der Waals surface area contributed by atoms with E-state index in [9.17, 15) is 10.1 Å². The Morgan fingerprint density at radius 1 is 1.15 bits per heavy atom. The van der Waals surface area contributed by atoms with Crippen molar-refractivity contribution in [1.29, 1.82) is 5.26 Å². The van der Waals surface area contributed by atoms with Gasteiger partial charge in [-0.05, 0) is 56.5 Å². The summed E-state index contributed by atoms with van der Waals surface area (Å²) in [5, 5.41) is 13.5. The van der Waals surface area contributed by atoms with E-state index in [1.165, 1.54) is 11.1 Å². The van der Waals surface area contributed by atoms with Gasteiger partial charge in [-0.3, -0.25) is 4.79 Å². The highest BCUT2D eigenvalue weighted by molar-refractivity contribution is 6.04. The largest absolute Gasteiger partial charge is 0.358 e. The third kappa shape index (κ3) is 3.78. The zero-order valence-corrected chi connectivity index (χ0v) is 16.1. The maximum Gasteiger partial charge on any atom is 0.262 e. The number of rotatable bonds is 4. The zero-order valence-electron chi connectivity index (χ0n) is 16.1. The lowest BCUT2D eigenvalue weighted by molar-refractivity contribution is -0.117. The number of carbonyl (C=O) groups is 1. The van der Waals surface area contributed by atoms with Gasteiger partial charge in [0.2, 0.25) is 0 Å². The minimum absolute atomic E-state index is 0.0959. The van der Waals surface area contributed by atoms with Gasteiger partial charge in [0.15, 0.2) is 0 Å². The van der Waals surface area contributed by atoms with Gasteiger partial charge in [0.25, 0.3) is 5.91 Å². The van der Waals surface area contributed by atoms with Crippen LogP contribution in [0.25, 0.3) is 17.0 Å². The molecule has 1 atom stereocenters. The highest BCUT2D eigenvalue weighted by Gasteiger charge is 2.16. The Morgan fingerprint density at radius 2 is 1.89 bits per heavy atom. The minimum atomic E-state index is -0.368. The van der Waals surface area contributed by atoms with Crippen molar-refractivity contribution in [2.24, 2.45) is 0 Å². The van der Waals surface area contributed by atoms with Gasteiger partial charge in [-0.1, -0.05) is 36.4 Å². The number of hydrogen-bond donors (Lipinski definition) is 2. The number of para-hydroxylation sites is 1. The van der Waals surface area contributed by atoms with Crippen LogP contribution in [0.4, 0.5) is 0 Å². The highest BCUT2D eigenvalue weighted by atomic mass is 16.1. The number of benzene rings is 2. The predicted molar refractivity (Wildman–Crippen MR) is 109 cm³/mol. The molecule has 0 aliphatic heterocycles. The van der Waals surface area contributed by atoms with E-state index in [1.54, 1.807) is 6.08 Å². The molecular formula is C23H23N3O. The normalized spacial score (nSPS) is 12.6. The lowest BCUT2D eigenvalue weighted by atomic mass is 10.0. The van der Waals surface area contributed by atoms with Gasteiger partial charge in [-0.2, -0.15) is 5.26 Å². The third-order valence-corrected chi connectivity index (χ3v) is 4.98. The Bertz CT molecular complexity index is 1080. The molecule has 0 saturated carbocycles. The standard InChI is InChI=1S/C23H23N3O/c1-14-9-10-18(11-15(14)2)16(3)26-23(27)19(13-24)12-21-17(4)25-22-8-6-5-7-20(21)22/h5-12,16,25H,1-4H3,(H,26,27). The number of nitrogens with one attached hydrogen (secondary N) is 2. The molecular weight excluding hydrogens is 334 g/mol. The number of nitriles is 1. The molecule has 1 amide bonds.